The maximum atomic E-state index is 7.77. The summed E-state index contributed by atoms with van der Waals surface area (Å²) in [6.45, 7) is 4.11. The second kappa shape index (κ2) is 4.17. The maximum absolute atomic E-state index is 7.77. The molecular formula is C11H16N4O. The van der Waals surface area contributed by atoms with Gasteiger partial charge in [-0.05, 0) is 12.8 Å². The van der Waals surface area contributed by atoms with E-state index in [4.69, 9.17) is 10.1 Å². The second-order valence-corrected chi connectivity index (χ2v) is 3.69. The number of hydrogen-bond donors (Lipinski definition) is 2. The third kappa shape index (κ3) is 1.57. The molecule has 0 fully saturated rings. The van der Waals surface area contributed by atoms with Crippen molar-refractivity contribution < 1.29 is 4.74 Å². The molecule has 1 unspecified atom stereocenters. The van der Waals surface area contributed by atoms with Gasteiger partial charge in [0.15, 0.2) is 6.23 Å². The van der Waals surface area contributed by atoms with Crippen molar-refractivity contribution in [2.45, 2.75) is 32.9 Å². The molecule has 86 valence electrons. The van der Waals surface area contributed by atoms with Crippen LogP contribution in [0.3, 0.4) is 0 Å². The van der Waals surface area contributed by atoms with Gasteiger partial charge in [-0.25, -0.2) is 9.97 Å². The molecule has 1 aliphatic rings. The largest absolute Gasteiger partial charge is 0.356 e. The van der Waals surface area contributed by atoms with Gasteiger partial charge in [-0.15, -0.1) is 0 Å². The first kappa shape index (κ1) is 11.0. The number of fused-ring (bicyclic) bond motifs is 1. The van der Waals surface area contributed by atoms with Crippen LogP contribution in [0.4, 0.5) is 0 Å². The van der Waals surface area contributed by atoms with Crippen molar-refractivity contribution in [2.24, 2.45) is 0 Å². The Hall–Kier alpha value is -1.49. The normalized spacial score (nSPS) is 18.4. The number of amidine groups is 1. The first-order valence-electron chi connectivity index (χ1n) is 5.49. The fraction of sp³-hybridized carbons (Fsp3) is 0.545. The van der Waals surface area contributed by atoms with Crippen LogP contribution in [0.15, 0.2) is 0 Å². The molecule has 2 rings (SSSR count). The average Bonchev–Trinajstić information content (AvgIpc) is 2.63. The van der Waals surface area contributed by atoms with E-state index in [1.807, 2.05) is 0 Å². The van der Waals surface area contributed by atoms with Crippen LogP contribution in [0.25, 0.3) is 0 Å². The van der Waals surface area contributed by atoms with Crippen LogP contribution in [0, 0.1) is 5.41 Å². The second-order valence-electron chi connectivity index (χ2n) is 3.69. The molecule has 16 heavy (non-hydrogen) atoms. The van der Waals surface area contributed by atoms with E-state index in [1.165, 1.54) is 0 Å². The molecule has 1 aromatic rings. The van der Waals surface area contributed by atoms with Gasteiger partial charge in [0.2, 0.25) is 0 Å². The molecule has 0 saturated heterocycles. The van der Waals surface area contributed by atoms with Crippen molar-refractivity contribution in [3.05, 3.63) is 22.8 Å². The van der Waals surface area contributed by atoms with Crippen molar-refractivity contribution in [1.29, 1.82) is 5.41 Å². The van der Waals surface area contributed by atoms with Gasteiger partial charge in [0, 0.05) is 7.11 Å². The zero-order valence-corrected chi connectivity index (χ0v) is 9.79. The summed E-state index contributed by atoms with van der Waals surface area (Å²) in [6.07, 6.45) is 1.37. The minimum Gasteiger partial charge on any atom is -0.356 e. The minimum absolute atomic E-state index is 0.298. The van der Waals surface area contributed by atoms with Crippen molar-refractivity contribution >= 4 is 5.84 Å². The van der Waals surface area contributed by atoms with Gasteiger partial charge >= 0.3 is 0 Å². The van der Waals surface area contributed by atoms with Gasteiger partial charge in [-0.1, -0.05) is 13.8 Å². The number of aryl methyl sites for hydroxylation is 2. The zero-order chi connectivity index (χ0) is 11.7. The van der Waals surface area contributed by atoms with Crippen LogP contribution in [-0.4, -0.2) is 22.9 Å². The number of rotatable bonds is 3. The van der Waals surface area contributed by atoms with E-state index in [2.05, 4.69) is 29.1 Å². The van der Waals surface area contributed by atoms with Crippen LogP contribution in [-0.2, 0) is 17.6 Å². The average molecular weight is 220 g/mol. The highest BCUT2D eigenvalue weighted by molar-refractivity contribution is 5.98. The Morgan fingerprint density at radius 2 is 1.88 bits per heavy atom. The molecular weight excluding hydrogens is 204 g/mol. The lowest BCUT2D eigenvalue weighted by Gasteiger charge is -2.10. The summed E-state index contributed by atoms with van der Waals surface area (Å²) >= 11 is 0. The first-order valence-corrected chi connectivity index (χ1v) is 5.49. The van der Waals surface area contributed by atoms with Gasteiger partial charge in [-0.3, -0.25) is 5.41 Å². The van der Waals surface area contributed by atoms with E-state index in [1.54, 1.807) is 7.11 Å². The van der Waals surface area contributed by atoms with Crippen LogP contribution < -0.4 is 5.32 Å². The van der Waals surface area contributed by atoms with E-state index < -0.39 is 0 Å². The number of aromatic nitrogens is 2. The third-order valence-corrected chi connectivity index (χ3v) is 2.74. The van der Waals surface area contributed by atoms with Crippen LogP contribution >= 0.6 is 0 Å². The fourth-order valence-electron chi connectivity index (χ4n) is 1.89. The highest BCUT2D eigenvalue weighted by Crippen LogP contribution is 2.23. The lowest BCUT2D eigenvalue weighted by Crippen LogP contribution is -2.20. The Kier molecular flexibility index (Phi) is 2.87. The van der Waals surface area contributed by atoms with Gasteiger partial charge < -0.3 is 10.1 Å². The molecule has 5 nitrogen and oxygen atoms in total. The summed E-state index contributed by atoms with van der Waals surface area (Å²) < 4.78 is 5.23. The van der Waals surface area contributed by atoms with Gasteiger partial charge in [-0.2, -0.15) is 0 Å². The first-order chi connectivity index (χ1) is 7.71. The lowest BCUT2D eigenvalue weighted by atomic mass is 10.2. The molecule has 2 heterocycles. The number of ether oxygens (including phenoxy) is 1. The topological polar surface area (TPSA) is 70.9 Å². The highest BCUT2D eigenvalue weighted by Gasteiger charge is 2.30. The van der Waals surface area contributed by atoms with Crippen molar-refractivity contribution in [3.63, 3.8) is 0 Å². The van der Waals surface area contributed by atoms with Crippen LogP contribution in [0.1, 0.15) is 42.9 Å². The Morgan fingerprint density at radius 1 is 1.25 bits per heavy atom. The van der Waals surface area contributed by atoms with E-state index in [0.717, 1.165) is 29.9 Å². The van der Waals surface area contributed by atoms with Gasteiger partial charge in [0.05, 0.1) is 11.4 Å². The molecule has 5 heteroatoms. The van der Waals surface area contributed by atoms with E-state index in [0.29, 0.717) is 11.5 Å². The molecule has 0 spiro atoms. The Labute approximate surface area is 94.8 Å². The third-order valence-electron chi connectivity index (χ3n) is 2.74. The standard InChI is InChI=1S/C11H16N4O/c1-4-6-7(5-2)14-9-8(13-6)10(12)15-11(9)16-3/h11H,4-5H2,1-3H3,(H2,12,15). The lowest BCUT2D eigenvalue weighted by molar-refractivity contribution is 0.0921. The smallest absolute Gasteiger partial charge is 0.174 e. The Balaban J connectivity index is 2.54. The maximum Gasteiger partial charge on any atom is 0.174 e. The van der Waals surface area contributed by atoms with Crippen molar-refractivity contribution in [2.75, 3.05) is 7.11 Å². The summed E-state index contributed by atoms with van der Waals surface area (Å²) in [6, 6.07) is 0. The van der Waals surface area contributed by atoms with E-state index in [-0.39, 0.29) is 6.23 Å². The molecule has 1 aliphatic heterocycles. The summed E-state index contributed by atoms with van der Waals surface area (Å²) in [5.41, 5.74) is 3.34. The number of methoxy groups -OCH3 is 1. The molecule has 2 N–H and O–H groups in total. The predicted molar refractivity (Wildman–Crippen MR) is 60.5 cm³/mol. The molecule has 0 aliphatic carbocycles. The predicted octanol–water partition coefficient (Wildman–Crippen LogP) is 1.17. The molecule has 1 aromatic heterocycles. The zero-order valence-electron chi connectivity index (χ0n) is 9.79. The SMILES string of the molecule is CCc1nc2c(nc1CC)C(OC)NC2=N. The molecule has 0 radical (unpaired) electrons. The van der Waals surface area contributed by atoms with E-state index >= 15 is 0 Å². The molecule has 0 saturated carbocycles. The summed E-state index contributed by atoms with van der Waals surface area (Å²) in [5.74, 6) is 0.298. The minimum atomic E-state index is -0.328. The van der Waals surface area contributed by atoms with E-state index in [9.17, 15) is 0 Å². The monoisotopic (exact) mass is 220 g/mol. The van der Waals surface area contributed by atoms with Gasteiger partial charge in [0.1, 0.15) is 17.2 Å². The molecule has 0 bridgehead atoms. The molecule has 0 amide bonds. The Morgan fingerprint density at radius 3 is 2.44 bits per heavy atom. The van der Waals surface area contributed by atoms with Gasteiger partial charge in [0.25, 0.3) is 0 Å². The van der Waals surface area contributed by atoms with Crippen LogP contribution in [0.2, 0.25) is 0 Å². The molecule has 0 aromatic carbocycles. The Bertz CT molecular complexity index is 430. The summed E-state index contributed by atoms with van der Waals surface area (Å²) in [7, 11) is 1.60. The number of hydrogen-bond acceptors (Lipinski definition) is 4. The molecule has 1 atom stereocenters. The highest BCUT2D eigenvalue weighted by atomic mass is 16.5. The van der Waals surface area contributed by atoms with Crippen molar-refractivity contribution in [1.82, 2.24) is 15.3 Å². The fourth-order valence-corrected chi connectivity index (χ4v) is 1.89. The number of nitrogens with zero attached hydrogens (tertiary/aromatic N) is 2. The quantitative estimate of drug-likeness (QED) is 0.802. The van der Waals surface area contributed by atoms with Crippen molar-refractivity contribution in [3.8, 4) is 0 Å². The summed E-state index contributed by atoms with van der Waals surface area (Å²) in [5, 5.41) is 10.7. The van der Waals surface area contributed by atoms with Crippen LogP contribution in [0.5, 0.6) is 0 Å². The summed E-state index contributed by atoms with van der Waals surface area (Å²) in [4.78, 5) is 9.05. The number of nitrogens with one attached hydrogen (secondary N) is 2.